The third-order valence-electron chi connectivity index (χ3n) is 1.96. The van der Waals surface area contributed by atoms with Gasteiger partial charge in [-0.25, -0.2) is 13.5 Å². The third-order valence-corrected chi connectivity index (χ3v) is 3.09. The van der Waals surface area contributed by atoms with Gasteiger partial charge in [0.25, 0.3) is 0 Å². The van der Waals surface area contributed by atoms with Gasteiger partial charge in [-0.2, -0.15) is 10.1 Å². The molecule has 1 heterocycles. The van der Waals surface area contributed by atoms with Crippen LogP contribution < -0.4 is 5.32 Å². The fraction of sp³-hybridized carbons (Fsp3) is 0.111. The molecule has 0 atom stereocenters. The molecule has 0 aliphatic rings. The number of hydrogen-bond donors (Lipinski definition) is 2. The number of nitrogens with zero attached hydrogens (tertiary/aromatic N) is 2. The molecular weight excluding hydrogens is 228 g/mol. The van der Waals surface area contributed by atoms with Crippen LogP contribution in [0.3, 0.4) is 0 Å². The molecule has 0 saturated carbocycles. The lowest BCUT2D eigenvalue weighted by molar-refractivity contribution is 0.602. The van der Waals surface area contributed by atoms with Crippen LogP contribution in [0.15, 0.2) is 35.5 Å². The molecule has 0 spiro atoms. The van der Waals surface area contributed by atoms with E-state index >= 15 is 0 Å². The van der Waals surface area contributed by atoms with E-state index < -0.39 is 9.84 Å². The summed E-state index contributed by atoms with van der Waals surface area (Å²) in [6.45, 7) is 0. The normalized spacial score (nSPS) is 11.3. The van der Waals surface area contributed by atoms with E-state index in [0.717, 1.165) is 5.69 Å². The van der Waals surface area contributed by atoms with Gasteiger partial charge >= 0.3 is 0 Å². The maximum Gasteiger partial charge on any atom is 0.222 e. The zero-order valence-electron chi connectivity index (χ0n) is 8.51. The Hall–Kier alpha value is -1.89. The number of aromatic nitrogens is 3. The lowest BCUT2D eigenvalue weighted by atomic mass is 10.3. The van der Waals surface area contributed by atoms with Crippen LogP contribution in [0.1, 0.15) is 0 Å². The summed E-state index contributed by atoms with van der Waals surface area (Å²) in [5.41, 5.74) is 0.740. The van der Waals surface area contributed by atoms with Crippen molar-refractivity contribution in [1.29, 1.82) is 0 Å². The Labute approximate surface area is 92.6 Å². The Bertz CT molecular complexity index is 560. The average molecular weight is 238 g/mol. The van der Waals surface area contributed by atoms with Crippen molar-refractivity contribution >= 4 is 21.5 Å². The number of benzene rings is 1. The quantitative estimate of drug-likeness (QED) is 0.831. The molecule has 7 heteroatoms. The van der Waals surface area contributed by atoms with E-state index in [2.05, 4.69) is 20.5 Å². The lowest BCUT2D eigenvalue weighted by Crippen LogP contribution is -1.97. The molecule has 0 bridgehead atoms. The third kappa shape index (κ3) is 2.37. The van der Waals surface area contributed by atoms with Crippen LogP contribution in [0.5, 0.6) is 0 Å². The number of anilines is 2. The predicted molar refractivity (Wildman–Crippen MR) is 59.2 cm³/mol. The lowest BCUT2D eigenvalue weighted by Gasteiger charge is -2.03. The van der Waals surface area contributed by atoms with E-state index in [1.54, 1.807) is 12.1 Å². The molecule has 16 heavy (non-hydrogen) atoms. The Morgan fingerprint density at radius 2 is 1.94 bits per heavy atom. The minimum Gasteiger partial charge on any atom is -0.325 e. The van der Waals surface area contributed by atoms with Crippen LogP contribution in [-0.2, 0) is 9.84 Å². The van der Waals surface area contributed by atoms with Crippen molar-refractivity contribution in [1.82, 2.24) is 15.2 Å². The first kappa shape index (κ1) is 10.6. The second kappa shape index (κ2) is 3.93. The number of rotatable bonds is 3. The van der Waals surface area contributed by atoms with Crippen LogP contribution in [0.2, 0.25) is 0 Å². The summed E-state index contributed by atoms with van der Waals surface area (Å²) < 4.78 is 22.4. The van der Waals surface area contributed by atoms with Gasteiger partial charge in [-0.1, -0.05) is 0 Å². The number of nitrogens with one attached hydrogen (secondary N) is 2. The highest BCUT2D eigenvalue weighted by Gasteiger charge is 2.06. The molecule has 0 unspecified atom stereocenters. The molecule has 0 aliphatic carbocycles. The SMILES string of the molecule is CS(=O)(=O)c1ccc(Nc2ncn[nH]2)cc1. The summed E-state index contributed by atoms with van der Waals surface area (Å²) in [5, 5.41) is 9.26. The summed E-state index contributed by atoms with van der Waals surface area (Å²) in [4.78, 5) is 4.17. The summed E-state index contributed by atoms with van der Waals surface area (Å²) in [5.74, 6) is 0.507. The molecule has 0 aliphatic heterocycles. The van der Waals surface area contributed by atoms with Crippen molar-refractivity contribution in [2.45, 2.75) is 4.90 Å². The highest BCUT2D eigenvalue weighted by Crippen LogP contribution is 2.15. The topological polar surface area (TPSA) is 87.7 Å². The number of hydrogen-bond acceptors (Lipinski definition) is 5. The first-order valence-electron chi connectivity index (χ1n) is 4.48. The van der Waals surface area contributed by atoms with Gasteiger partial charge in [0, 0.05) is 11.9 Å². The molecule has 0 amide bonds. The Morgan fingerprint density at radius 3 is 2.44 bits per heavy atom. The Balaban J connectivity index is 2.20. The van der Waals surface area contributed by atoms with Gasteiger partial charge in [-0.05, 0) is 24.3 Å². The maximum atomic E-state index is 11.2. The van der Waals surface area contributed by atoms with Gasteiger partial charge in [0.2, 0.25) is 5.95 Å². The van der Waals surface area contributed by atoms with E-state index in [4.69, 9.17) is 0 Å². The molecule has 2 aromatic rings. The van der Waals surface area contributed by atoms with E-state index in [1.807, 2.05) is 0 Å². The zero-order chi connectivity index (χ0) is 11.6. The summed E-state index contributed by atoms with van der Waals surface area (Å²) in [7, 11) is -3.15. The maximum absolute atomic E-state index is 11.2. The summed E-state index contributed by atoms with van der Waals surface area (Å²) >= 11 is 0. The minimum absolute atomic E-state index is 0.288. The highest BCUT2D eigenvalue weighted by atomic mass is 32.2. The van der Waals surface area contributed by atoms with Crippen LogP contribution in [-0.4, -0.2) is 29.9 Å². The fourth-order valence-electron chi connectivity index (χ4n) is 1.19. The zero-order valence-corrected chi connectivity index (χ0v) is 9.32. The van der Waals surface area contributed by atoms with Gasteiger partial charge in [0.15, 0.2) is 9.84 Å². The van der Waals surface area contributed by atoms with Crippen molar-refractivity contribution in [3.05, 3.63) is 30.6 Å². The van der Waals surface area contributed by atoms with E-state index in [0.29, 0.717) is 5.95 Å². The first-order valence-corrected chi connectivity index (χ1v) is 6.37. The van der Waals surface area contributed by atoms with Gasteiger partial charge in [-0.15, -0.1) is 0 Å². The van der Waals surface area contributed by atoms with Gasteiger partial charge < -0.3 is 5.32 Å². The molecule has 2 N–H and O–H groups in total. The highest BCUT2D eigenvalue weighted by molar-refractivity contribution is 7.90. The van der Waals surface area contributed by atoms with Crippen LogP contribution in [0.25, 0.3) is 0 Å². The summed E-state index contributed by atoms with van der Waals surface area (Å²) in [6, 6.07) is 6.40. The van der Waals surface area contributed by atoms with E-state index in [-0.39, 0.29) is 4.90 Å². The van der Waals surface area contributed by atoms with Gasteiger partial charge in [0.1, 0.15) is 6.33 Å². The van der Waals surface area contributed by atoms with Crippen LogP contribution >= 0.6 is 0 Å². The Morgan fingerprint density at radius 1 is 1.25 bits per heavy atom. The standard InChI is InChI=1S/C9H10N4O2S/c1-16(14,15)8-4-2-7(3-5-8)12-9-10-6-11-13-9/h2-6H,1H3,(H2,10,11,12,13). The molecular formula is C9H10N4O2S. The van der Waals surface area contributed by atoms with E-state index in [1.165, 1.54) is 24.7 Å². The van der Waals surface area contributed by atoms with Crippen LogP contribution in [0, 0.1) is 0 Å². The number of aromatic amines is 1. The summed E-state index contributed by atoms with van der Waals surface area (Å²) in [6.07, 6.45) is 2.55. The molecule has 2 rings (SSSR count). The van der Waals surface area contributed by atoms with Crippen molar-refractivity contribution < 1.29 is 8.42 Å². The largest absolute Gasteiger partial charge is 0.325 e. The first-order chi connectivity index (χ1) is 7.55. The molecule has 84 valence electrons. The molecule has 0 radical (unpaired) electrons. The second-order valence-corrected chi connectivity index (χ2v) is 5.27. The van der Waals surface area contributed by atoms with Gasteiger partial charge in [-0.3, -0.25) is 0 Å². The number of sulfone groups is 1. The van der Waals surface area contributed by atoms with Crippen LogP contribution in [0.4, 0.5) is 11.6 Å². The second-order valence-electron chi connectivity index (χ2n) is 3.26. The van der Waals surface area contributed by atoms with Crippen molar-refractivity contribution in [2.24, 2.45) is 0 Å². The van der Waals surface area contributed by atoms with Crippen molar-refractivity contribution in [3.63, 3.8) is 0 Å². The van der Waals surface area contributed by atoms with Gasteiger partial charge in [0.05, 0.1) is 4.90 Å². The predicted octanol–water partition coefficient (Wildman–Crippen LogP) is 0.952. The fourth-order valence-corrected chi connectivity index (χ4v) is 1.82. The molecule has 0 saturated heterocycles. The molecule has 1 aromatic heterocycles. The molecule has 6 nitrogen and oxygen atoms in total. The molecule has 0 fully saturated rings. The smallest absolute Gasteiger partial charge is 0.222 e. The van der Waals surface area contributed by atoms with Crippen molar-refractivity contribution in [2.75, 3.05) is 11.6 Å². The molecule has 1 aromatic carbocycles. The van der Waals surface area contributed by atoms with Crippen molar-refractivity contribution in [3.8, 4) is 0 Å². The van der Waals surface area contributed by atoms with E-state index in [9.17, 15) is 8.42 Å². The number of H-pyrrole nitrogens is 1. The minimum atomic E-state index is -3.15. The monoisotopic (exact) mass is 238 g/mol. The average Bonchev–Trinajstić information content (AvgIpc) is 2.70. The Kier molecular flexibility index (Phi) is 2.61.